The van der Waals surface area contributed by atoms with Gasteiger partial charge in [0.05, 0.1) is 36.9 Å². The van der Waals surface area contributed by atoms with Gasteiger partial charge in [-0.15, -0.1) is 0 Å². The molecule has 0 saturated carbocycles. The van der Waals surface area contributed by atoms with Crippen molar-refractivity contribution in [3.63, 3.8) is 0 Å². The average molecular weight is 405 g/mol. The fourth-order valence-corrected chi connectivity index (χ4v) is 3.88. The standard InChI is InChI=1S/C23H16FNO5/c1-28-15-5-2-4-13(10-15)20-19-21(26)17-11-14(24)7-8-18(17)30-22(19)23(27)25(20)12-16-6-3-9-29-16/h2-11,20H,12H2,1H3. The van der Waals surface area contributed by atoms with Crippen molar-refractivity contribution < 1.29 is 22.8 Å². The van der Waals surface area contributed by atoms with E-state index in [0.717, 1.165) is 6.07 Å². The zero-order valence-electron chi connectivity index (χ0n) is 15.9. The minimum atomic E-state index is -0.725. The molecule has 1 atom stereocenters. The van der Waals surface area contributed by atoms with Crippen LogP contribution in [-0.4, -0.2) is 17.9 Å². The molecular formula is C23H16FNO5. The largest absolute Gasteiger partial charge is 0.497 e. The third-order valence-corrected chi connectivity index (χ3v) is 5.24. The molecule has 2 aromatic carbocycles. The molecule has 7 heteroatoms. The van der Waals surface area contributed by atoms with Gasteiger partial charge in [0.15, 0.2) is 5.43 Å². The molecule has 0 spiro atoms. The zero-order chi connectivity index (χ0) is 20.8. The Morgan fingerprint density at radius 1 is 1.10 bits per heavy atom. The van der Waals surface area contributed by atoms with Gasteiger partial charge < -0.3 is 18.5 Å². The molecule has 1 aliphatic heterocycles. The second-order valence-corrected chi connectivity index (χ2v) is 7.01. The molecule has 150 valence electrons. The number of fused-ring (bicyclic) bond motifs is 2. The Labute approximate surface area is 170 Å². The van der Waals surface area contributed by atoms with E-state index in [1.807, 2.05) is 0 Å². The maximum atomic E-state index is 13.8. The molecule has 0 fully saturated rings. The molecule has 6 nitrogen and oxygen atoms in total. The number of nitrogens with zero attached hydrogens (tertiary/aromatic N) is 1. The zero-order valence-corrected chi connectivity index (χ0v) is 15.9. The SMILES string of the molecule is COc1cccc(C2c3c(oc4ccc(F)cc4c3=O)C(=O)N2Cc2ccco2)c1. The first-order valence-electron chi connectivity index (χ1n) is 9.30. The van der Waals surface area contributed by atoms with Crippen LogP contribution in [0.3, 0.4) is 0 Å². The number of hydrogen-bond donors (Lipinski definition) is 0. The normalized spacial score (nSPS) is 15.6. The lowest BCUT2D eigenvalue weighted by Gasteiger charge is -2.24. The summed E-state index contributed by atoms with van der Waals surface area (Å²) in [5, 5.41) is 0.0919. The molecule has 0 N–H and O–H groups in total. The van der Waals surface area contributed by atoms with E-state index in [-0.39, 0.29) is 28.8 Å². The highest BCUT2D eigenvalue weighted by molar-refractivity contribution is 5.99. The van der Waals surface area contributed by atoms with Crippen LogP contribution in [0, 0.1) is 5.82 Å². The summed E-state index contributed by atoms with van der Waals surface area (Å²) in [6.07, 6.45) is 1.52. The number of carbonyl (C=O) groups excluding carboxylic acids is 1. The summed E-state index contributed by atoms with van der Waals surface area (Å²) < 4.78 is 30.3. The van der Waals surface area contributed by atoms with E-state index in [2.05, 4.69) is 0 Å². The van der Waals surface area contributed by atoms with Crippen molar-refractivity contribution in [2.45, 2.75) is 12.6 Å². The van der Waals surface area contributed by atoms with E-state index in [0.29, 0.717) is 17.1 Å². The van der Waals surface area contributed by atoms with Crippen LogP contribution in [0.2, 0.25) is 0 Å². The summed E-state index contributed by atoms with van der Waals surface area (Å²) in [5.74, 6) is 0.121. The smallest absolute Gasteiger partial charge is 0.291 e. The first-order valence-corrected chi connectivity index (χ1v) is 9.30. The van der Waals surface area contributed by atoms with Gasteiger partial charge in [0.2, 0.25) is 5.76 Å². The summed E-state index contributed by atoms with van der Waals surface area (Å²) in [5.41, 5.74) is 0.584. The van der Waals surface area contributed by atoms with Crippen LogP contribution >= 0.6 is 0 Å². The number of benzene rings is 2. The number of hydrogen-bond acceptors (Lipinski definition) is 5. The summed E-state index contributed by atoms with van der Waals surface area (Å²) in [7, 11) is 1.54. The van der Waals surface area contributed by atoms with E-state index < -0.39 is 23.2 Å². The van der Waals surface area contributed by atoms with Crippen molar-refractivity contribution in [3.8, 4) is 5.75 Å². The third kappa shape index (κ3) is 2.78. The van der Waals surface area contributed by atoms with E-state index in [9.17, 15) is 14.0 Å². The maximum Gasteiger partial charge on any atom is 0.291 e. The van der Waals surface area contributed by atoms with Gasteiger partial charge in [0, 0.05) is 0 Å². The lowest BCUT2D eigenvalue weighted by atomic mass is 9.98. The Balaban J connectivity index is 1.76. The fourth-order valence-electron chi connectivity index (χ4n) is 3.88. The Morgan fingerprint density at radius 3 is 2.73 bits per heavy atom. The summed E-state index contributed by atoms with van der Waals surface area (Å²) >= 11 is 0. The van der Waals surface area contributed by atoms with Crippen molar-refractivity contribution in [3.05, 3.63) is 99.5 Å². The van der Waals surface area contributed by atoms with Gasteiger partial charge in [-0.2, -0.15) is 0 Å². The molecule has 3 heterocycles. The van der Waals surface area contributed by atoms with Crippen molar-refractivity contribution in [1.82, 2.24) is 4.90 Å². The molecule has 5 rings (SSSR count). The molecule has 1 unspecified atom stereocenters. The highest BCUT2D eigenvalue weighted by atomic mass is 19.1. The number of ether oxygens (including phenoxy) is 1. The predicted molar refractivity (Wildman–Crippen MR) is 106 cm³/mol. The highest BCUT2D eigenvalue weighted by Gasteiger charge is 2.43. The van der Waals surface area contributed by atoms with Crippen LogP contribution in [-0.2, 0) is 6.54 Å². The molecule has 0 bridgehead atoms. The highest BCUT2D eigenvalue weighted by Crippen LogP contribution is 2.40. The van der Waals surface area contributed by atoms with Crippen LogP contribution < -0.4 is 10.2 Å². The van der Waals surface area contributed by atoms with Gasteiger partial charge in [0.1, 0.15) is 22.9 Å². The molecular weight excluding hydrogens is 389 g/mol. The molecule has 2 aromatic heterocycles. The second kappa shape index (κ2) is 6.88. The Kier molecular flexibility index (Phi) is 4.17. The van der Waals surface area contributed by atoms with Crippen LogP contribution in [0.1, 0.15) is 33.5 Å². The Bertz CT molecular complexity index is 1330. The maximum absolute atomic E-state index is 13.8. The lowest BCUT2D eigenvalue weighted by molar-refractivity contribution is 0.0701. The number of methoxy groups -OCH3 is 1. The van der Waals surface area contributed by atoms with E-state index in [4.69, 9.17) is 13.6 Å². The van der Waals surface area contributed by atoms with E-state index in [1.54, 1.807) is 36.4 Å². The van der Waals surface area contributed by atoms with Gasteiger partial charge in [-0.25, -0.2) is 4.39 Å². The molecule has 0 saturated heterocycles. The van der Waals surface area contributed by atoms with Crippen molar-refractivity contribution in [1.29, 1.82) is 0 Å². The molecule has 1 aliphatic rings. The minimum Gasteiger partial charge on any atom is -0.497 e. The molecule has 30 heavy (non-hydrogen) atoms. The second-order valence-electron chi connectivity index (χ2n) is 7.01. The van der Waals surface area contributed by atoms with Gasteiger partial charge in [-0.05, 0) is 48.0 Å². The fraction of sp³-hybridized carbons (Fsp3) is 0.130. The molecule has 4 aromatic rings. The first-order chi connectivity index (χ1) is 14.6. The predicted octanol–water partition coefficient (Wildman–Crippen LogP) is 4.28. The van der Waals surface area contributed by atoms with Gasteiger partial charge in [-0.1, -0.05) is 12.1 Å². The van der Waals surface area contributed by atoms with Crippen molar-refractivity contribution in [2.24, 2.45) is 0 Å². The summed E-state index contributed by atoms with van der Waals surface area (Å²) in [4.78, 5) is 28.1. The molecule has 0 aliphatic carbocycles. The number of amides is 1. The Morgan fingerprint density at radius 2 is 1.97 bits per heavy atom. The van der Waals surface area contributed by atoms with Crippen LogP contribution in [0.15, 0.2) is 74.5 Å². The quantitative estimate of drug-likeness (QED) is 0.507. The molecule has 0 radical (unpaired) electrons. The average Bonchev–Trinajstić information content (AvgIpc) is 3.36. The van der Waals surface area contributed by atoms with Crippen LogP contribution in [0.5, 0.6) is 5.75 Å². The first kappa shape index (κ1) is 18.2. The summed E-state index contributed by atoms with van der Waals surface area (Å²) in [6.45, 7) is 0.141. The van der Waals surface area contributed by atoms with Gasteiger partial charge in [-0.3, -0.25) is 9.59 Å². The number of carbonyl (C=O) groups is 1. The lowest BCUT2D eigenvalue weighted by Crippen LogP contribution is -2.29. The minimum absolute atomic E-state index is 0.0431. The van der Waals surface area contributed by atoms with Gasteiger partial charge >= 0.3 is 0 Å². The Hall–Kier alpha value is -3.87. The topological polar surface area (TPSA) is 72.9 Å². The summed E-state index contributed by atoms with van der Waals surface area (Å²) in [6, 6.07) is 13.6. The van der Waals surface area contributed by atoms with Crippen molar-refractivity contribution in [2.75, 3.05) is 7.11 Å². The van der Waals surface area contributed by atoms with Crippen LogP contribution in [0.25, 0.3) is 11.0 Å². The van der Waals surface area contributed by atoms with E-state index >= 15 is 0 Å². The van der Waals surface area contributed by atoms with E-state index in [1.165, 1.54) is 30.4 Å². The van der Waals surface area contributed by atoms with Crippen LogP contribution in [0.4, 0.5) is 4.39 Å². The number of furan rings is 1. The number of halogens is 1. The van der Waals surface area contributed by atoms with Gasteiger partial charge in [0.25, 0.3) is 5.91 Å². The molecule has 1 amide bonds. The number of rotatable bonds is 4. The monoisotopic (exact) mass is 405 g/mol. The third-order valence-electron chi connectivity index (χ3n) is 5.24. The van der Waals surface area contributed by atoms with Crippen molar-refractivity contribution >= 4 is 16.9 Å².